The average Bonchev–Trinajstić information content (AvgIpc) is 2.60. The molecule has 7 heteroatoms. The number of aliphatic hydroxyl groups is 1. The Hall–Kier alpha value is -0.980. The van der Waals surface area contributed by atoms with Crippen LogP contribution in [-0.2, 0) is 13.2 Å². The zero-order valence-corrected chi connectivity index (χ0v) is 18.2. The molecule has 2 aromatic rings. The van der Waals surface area contributed by atoms with Crippen molar-refractivity contribution < 1.29 is 14.6 Å². The van der Waals surface area contributed by atoms with Crippen LogP contribution in [0, 0.1) is 0 Å². The van der Waals surface area contributed by atoms with Crippen LogP contribution in [0.2, 0.25) is 5.02 Å². The number of ether oxygens (including phenoxy) is 2. The summed E-state index contributed by atoms with van der Waals surface area (Å²) in [5, 5.41) is 13.3. The first-order valence-electron chi connectivity index (χ1n) is 7.94. The molecule has 0 amide bonds. The van der Waals surface area contributed by atoms with Crippen molar-refractivity contribution in [1.29, 1.82) is 0 Å². The molecule has 0 spiro atoms. The maximum absolute atomic E-state index is 9.34. The number of methoxy groups -OCH3 is 1. The molecule has 0 aliphatic heterocycles. The standard InChI is InChI=1S/C19H23BrClNO3.ClH/c1-19(2,12-23)22-10-14-8-16(20)18(17(9-14)24-3)25-11-13-4-6-15(21)7-5-13;/h4-9,22-23H,10-12H2,1-3H3;1H. The van der Waals surface area contributed by atoms with Gasteiger partial charge in [-0.25, -0.2) is 0 Å². The second-order valence-corrected chi connectivity index (χ2v) is 7.71. The van der Waals surface area contributed by atoms with Gasteiger partial charge in [0.05, 0.1) is 18.2 Å². The van der Waals surface area contributed by atoms with Gasteiger partial charge >= 0.3 is 0 Å². The Kier molecular flexibility index (Phi) is 9.21. The smallest absolute Gasteiger partial charge is 0.175 e. The fourth-order valence-corrected chi connectivity index (χ4v) is 2.88. The first-order chi connectivity index (χ1) is 11.8. The number of rotatable bonds is 8. The highest BCUT2D eigenvalue weighted by molar-refractivity contribution is 9.10. The molecule has 144 valence electrons. The zero-order valence-electron chi connectivity index (χ0n) is 15.0. The van der Waals surface area contributed by atoms with Crippen molar-refractivity contribution in [2.45, 2.75) is 32.5 Å². The molecule has 0 unspecified atom stereocenters. The van der Waals surface area contributed by atoms with Gasteiger partial charge in [0.15, 0.2) is 11.5 Å². The van der Waals surface area contributed by atoms with Gasteiger partial charge in [-0.05, 0) is 65.2 Å². The van der Waals surface area contributed by atoms with Gasteiger partial charge in [-0.15, -0.1) is 12.4 Å². The molecule has 0 fully saturated rings. The molecule has 0 heterocycles. The quantitative estimate of drug-likeness (QED) is 0.578. The van der Waals surface area contributed by atoms with Gasteiger partial charge < -0.3 is 19.9 Å². The first-order valence-corrected chi connectivity index (χ1v) is 9.11. The summed E-state index contributed by atoms with van der Waals surface area (Å²) in [6.45, 7) is 4.99. The van der Waals surface area contributed by atoms with Crippen LogP contribution >= 0.6 is 39.9 Å². The lowest BCUT2D eigenvalue weighted by Crippen LogP contribution is -2.42. The number of hydrogen-bond donors (Lipinski definition) is 2. The minimum Gasteiger partial charge on any atom is -0.493 e. The van der Waals surface area contributed by atoms with Crippen LogP contribution in [0.3, 0.4) is 0 Å². The number of nitrogens with one attached hydrogen (secondary N) is 1. The molecule has 0 atom stereocenters. The summed E-state index contributed by atoms with van der Waals surface area (Å²) >= 11 is 9.46. The molecule has 2 rings (SSSR count). The van der Waals surface area contributed by atoms with Crippen LogP contribution in [0.5, 0.6) is 11.5 Å². The molecule has 4 nitrogen and oxygen atoms in total. The highest BCUT2D eigenvalue weighted by Gasteiger charge is 2.17. The van der Waals surface area contributed by atoms with Gasteiger partial charge in [0.25, 0.3) is 0 Å². The highest BCUT2D eigenvalue weighted by atomic mass is 79.9. The summed E-state index contributed by atoms with van der Waals surface area (Å²) < 4.78 is 12.2. The molecule has 0 bridgehead atoms. The lowest BCUT2D eigenvalue weighted by atomic mass is 10.1. The second-order valence-electron chi connectivity index (χ2n) is 6.42. The van der Waals surface area contributed by atoms with Crippen molar-refractivity contribution in [1.82, 2.24) is 5.32 Å². The molecule has 0 radical (unpaired) electrons. The van der Waals surface area contributed by atoms with E-state index in [1.54, 1.807) is 7.11 Å². The monoisotopic (exact) mass is 463 g/mol. The number of aliphatic hydroxyl groups excluding tert-OH is 1. The molecular weight excluding hydrogens is 441 g/mol. The van der Waals surface area contributed by atoms with Gasteiger partial charge in [0, 0.05) is 17.1 Å². The predicted molar refractivity (Wildman–Crippen MR) is 112 cm³/mol. The lowest BCUT2D eigenvalue weighted by Gasteiger charge is -2.24. The van der Waals surface area contributed by atoms with E-state index in [9.17, 15) is 5.11 Å². The van der Waals surface area contributed by atoms with Gasteiger partial charge in [-0.3, -0.25) is 0 Å². The van der Waals surface area contributed by atoms with E-state index < -0.39 is 0 Å². The maximum atomic E-state index is 9.34. The van der Waals surface area contributed by atoms with Gasteiger partial charge in [-0.1, -0.05) is 23.7 Å². The van der Waals surface area contributed by atoms with Crippen LogP contribution in [0.1, 0.15) is 25.0 Å². The van der Waals surface area contributed by atoms with E-state index in [-0.39, 0.29) is 24.6 Å². The Labute approximate surface area is 174 Å². The summed E-state index contributed by atoms with van der Waals surface area (Å²) in [6, 6.07) is 11.5. The minimum absolute atomic E-state index is 0. The average molecular weight is 465 g/mol. The topological polar surface area (TPSA) is 50.7 Å². The fraction of sp³-hybridized carbons (Fsp3) is 0.368. The third-order valence-corrected chi connectivity index (χ3v) is 4.59. The van der Waals surface area contributed by atoms with Crippen LogP contribution in [0.4, 0.5) is 0 Å². The van der Waals surface area contributed by atoms with Crippen molar-refractivity contribution in [2.75, 3.05) is 13.7 Å². The number of halogens is 3. The summed E-state index contributed by atoms with van der Waals surface area (Å²) in [5.41, 5.74) is 1.71. The van der Waals surface area contributed by atoms with E-state index >= 15 is 0 Å². The number of hydrogen-bond acceptors (Lipinski definition) is 4. The van der Waals surface area contributed by atoms with E-state index in [1.165, 1.54) is 0 Å². The Balaban J connectivity index is 0.00000338. The van der Waals surface area contributed by atoms with E-state index in [2.05, 4.69) is 21.2 Å². The Bertz CT molecular complexity index is 709. The largest absolute Gasteiger partial charge is 0.493 e. The summed E-state index contributed by atoms with van der Waals surface area (Å²) in [5.74, 6) is 1.31. The molecule has 26 heavy (non-hydrogen) atoms. The summed E-state index contributed by atoms with van der Waals surface area (Å²) in [7, 11) is 1.62. The van der Waals surface area contributed by atoms with E-state index in [0.29, 0.717) is 29.7 Å². The maximum Gasteiger partial charge on any atom is 0.175 e. The van der Waals surface area contributed by atoms with Gasteiger partial charge in [0.1, 0.15) is 6.61 Å². The molecule has 0 aliphatic rings. The van der Waals surface area contributed by atoms with Crippen LogP contribution < -0.4 is 14.8 Å². The van der Waals surface area contributed by atoms with Crippen molar-refractivity contribution in [2.24, 2.45) is 0 Å². The third-order valence-electron chi connectivity index (χ3n) is 3.75. The van der Waals surface area contributed by atoms with E-state index in [4.69, 9.17) is 21.1 Å². The molecule has 2 N–H and O–H groups in total. The molecule has 0 saturated heterocycles. The second kappa shape index (κ2) is 10.4. The fourth-order valence-electron chi connectivity index (χ4n) is 2.15. The molecular formula is C19H24BrCl2NO3. The van der Waals surface area contributed by atoms with Crippen LogP contribution in [0.25, 0.3) is 0 Å². The van der Waals surface area contributed by atoms with Gasteiger partial charge in [-0.2, -0.15) is 0 Å². The normalized spacial score (nSPS) is 11.0. The summed E-state index contributed by atoms with van der Waals surface area (Å²) in [4.78, 5) is 0. The van der Waals surface area contributed by atoms with Crippen LogP contribution in [0.15, 0.2) is 40.9 Å². The lowest BCUT2D eigenvalue weighted by molar-refractivity contribution is 0.187. The van der Waals surface area contributed by atoms with Crippen molar-refractivity contribution in [3.8, 4) is 11.5 Å². The van der Waals surface area contributed by atoms with Gasteiger partial charge in [0.2, 0.25) is 0 Å². The SMILES string of the molecule is COc1cc(CNC(C)(C)CO)cc(Br)c1OCc1ccc(Cl)cc1.Cl. The van der Waals surface area contributed by atoms with E-state index in [0.717, 1.165) is 15.6 Å². The van der Waals surface area contributed by atoms with Crippen molar-refractivity contribution in [3.63, 3.8) is 0 Å². The highest BCUT2D eigenvalue weighted by Crippen LogP contribution is 2.37. The molecule has 0 aliphatic carbocycles. The Morgan fingerprint density at radius 1 is 1.15 bits per heavy atom. The first kappa shape index (κ1) is 23.1. The molecule has 2 aromatic carbocycles. The summed E-state index contributed by atoms with van der Waals surface area (Å²) in [6.07, 6.45) is 0. The Morgan fingerprint density at radius 3 is 2.38 bits per heavy atom. The molecule has 0 saturated carbocycles. The molecule has 0 aromatic heterocycles. The van der Waals surface area contributed by atoms with Crippen molar-refractivity contribution in [3.05, 3.63) is 57.0 Å². The van der Waals surface area contributed by atoms with Crippen LogP contribution in [-0.4, -0.2) is 24.4 Å². The third kappa shape index (κ3) is 6.63. The zero-order chi connectivity index (χ0) is 18.4. The van der Waals surface area contributed by atoms with E-state index in [1.807, 2.05) is 50.2 Å². The number of benzene rings is 2. The van der Waals surface area contributed by atoms with Crippen molar-refractivity contribution >= 4 is 39.9 Å². The Morgan fingerprint density at radius 2 is 1.81 bits per heavy atom. The minimum atomic E-state index is -0.344. The predicted octanol–water partition coefficient (Wildman–Crippen LogP) is 4.97.